The summed E-state index contributed by atoms with van der Waals surface area (Å²) < 4.78 is 2.73. The molecule has 1 N–H and O–H groups in total. The van der Waals surface area contributed by atoms with Crippen LogP contribution >= 0.6 is 11.6 Å². The SMILES string of the molecule is O=C(Cn1c(=O)c(=O)n(Cc2ccc(Cl)cc2)c2ccccc21)NC1CCCc2ccccc21. The van der Waals surface area contributed by atoms with Crippen LogP contribution in [0.1, 0.15) is 35.6 Å². The molecule has 0 fully saturated rings. The zero-order chi connectivity index (χ0) is 23.7. The molecular formula is C27H24ClN3O3. The van der Waals surface area contributed by atoms with E-state index < -0.39 is 11.1 Å². The van der Waals surface area contributed by atoms with Crippen LogP contribution in [0, 0.1) is 0 Å². The molecule has 7 heteroatoms. The molecule has 4 aromatic rings. The molecule has 34 heavy (non-hydrogen) atoms. The van der Waals surface area contributed by atoms with Crippen LogP contribution in [0.15, 0.2) is 82.4 Å². The van der Waals surface area contributed by atoms with E-state index in [0.29, 0.717) is 16.1 Å². The summed E-state index contributed by atoms with van der Waals surface area (Å²) >= 11 is 5.97. The first-order valence-electron chi connectivity index (χ1n) is 11.4. The summed E-state index contributed by atoms with van der Waals surface area (Å²) in [5.41, 5.74) is 2.97. The van der Waals surface area contributed by atoms with Crippen molar-refractivity contribution in [1.82, 2.24) is 14.5 Å². The number of aryl methyl sites for hydroxylation is 1. The highest BCUT2D eigenvalue weighted by atomic mass is 35.5. The number of aromatic nitrogens is 2. The fourth-order valence-electron chi connectivity index (χ4n) is 4.74. The lowest BCUT2D eigenvalue weighted by molar-refractivity contribution is -0.122. The number of hydrogen-bond donors (Lipinski definition) is 1. The van der Waals surface area contributed by atoms with E-state index in [0.717, 1.165) is 30.4 Å². The summed E-state index contributed by atoms with van der Waals surface area (Å²) in [7, 11) is 0. The molecule has 0 saturated carbocycles. The Morgan fingerprint density at radius 3 is 2.29 bits per heavy atom. The second-order valence-electron chi connectivity index (χ2n) is 8.61. The van der Waals surface area contributed by atoms with E-state index in [1.54, 1.807) is 30.3 Å². The average Bonchev–Trinajstić information content (AvgIpc) is 2.86. The molecule has 6 nitrogen and oxygen atoms in total. The molecule has 1 amide bonds. The van der Waals surface area contributed by atoms with Crippen molar-refractivity contribution in [3.8, 4) is 0 Å². The Bertz CT molecular complexity index is 1490. The van der Waals surface area contributed by atoms with Crippen LogP contribution in [-0.4, -0.2) is 15.0 Å². The second-order valence-corrected chi connectivity index (χ2v) is 9.05. The van der Waals surface area contributed by atoms with Gasteiger partial charge in [-0.1, -0.05) is 60.1 Å². The lowest BCUT2D eigenvalue weighted by atomic mass is 9.88. The fraction of sp³-hybridized carbons (Fsp3) is 0.222. The number of halogens is 1. The van der Waals surface area contributed by atoms with Crippen molar-refractivity contribution in [1.29, 1.82) is 0 Å². The minimum atomic E-state index is -0.716. The van der Waals surface area contributed by atoms with Crippen LogP contribution in [0.4, 0.5) is 0 Å². The van der Waals surface area contributed by atoms with E-state index in [2.05, 4.69) is 11.4 Å². The highest BCUT2D eigenvalue weighted by Gasteiger charge is 2.22. The molecule has 1 heterocycles. The van der Waals surface area contributed by atoms with Crippen LogP contribution < -0.4 is 16.4 Å². The maximum atomic E-state index is 13.1. The van der Waals surface area contributed by atoms with Gasteiger partial charge in [0, 0.05) is 5.02 Å². The van der Waals surface area contributed by atoms with E-state index in [1.165, 1.54) is 14.7 Å². The molecule has 1 aliphatic carbocycles. The molecule has 172 valence electrons. The van der Waals surface area contributed by atoms with Gasteiger partial charge in [0.2, 0.25) is 5.91 Å². The molecule has 0 aliphatic heterocycles. The second kappa shape index (κ2) is 9.31. The van der Waals surface area contributed by atoms with Crippen LogP contribution in [0.5, 0.6) is 0 Å². The summed E-state index contributed by atoms with van der Waals surface area (Å²) in [6.45, 7) is 0.0205. The molecule has 1 atom stereocenters. The number of fused-ring (bicyclic) bond motifs is 2. The number of nitrogens with one attached hydrogen (secondary N) is 1. The Balaban J connectivity index is 1.47. The molecule has 1 unspecified atom stereocenters. The molecular weight excluding hydrogens is 450 g/mol. The molecule has 0 saturated heterocycles. The van der Waals surface area contributed by atoms with Gasteiger partial charge in [-0.3, -0.25) is 23.5 Å². The first-order chi connectivity index (χ1) is 16.5. The number of carbonyl (C=O) groups is 1. The van der Waals surface area contributed by atoms with Crippen molar-refractivity contribution < 1.29 is 4.79 Å². The lowest BCUT2D eigenvalue weighted by Crippen LogP contribution is -2.44. The number of amides is 1. The third-order valence-corrected chi connectivity index (χ3v) is 6.65. The number of carbonyl (C=O) groups excluding carboxylic acids is 1. The Labute approximate surface area is 201 Å². The number of benzene rings is 3. The highest BCUT2D eigenvalue weighted by Crippen LogP contribution is 2.29. The van der Waals surface area contributed by atoms with Gasteiger partial charge in [0.25, 0.3) is 0 Å². The van der Waals surface area contributed by atoms with Crippen molar-refractivity contribution in [3.05, 3.63) is 115 Å². The minimum Gasteiger partial charge on any atom is -0.348 e. The standard InChI is InChI=1S/C27H24ClN3O3/c28-20-14-12-18(13-15-20)16-30-23-10-3-4-11-24(23)31(27(34)26(30)33)17-25(32)29-22-9-5-7-19-6-1-2-8-21(19)22/h1-4,6,8,10-15,22H,5,7,9,16-17H2,(H,29,32). The molecule has 0 bridgehead atoms. The van der Waals surface area contributed by atoms with Gasteiger partial charge in [0.05, 0.1) is 23.6 Å². The molecule has 1 aromatic heterocycles. The van der Waals surface area contributed by atoms with E-state index in [4.69, 9.17) is 11.6 Å². The third-order valence-electron chi connectivity index (χ3n) is 6.40. The maximum absolute atomic E-state index is 13.1. The summed E-state index contributed by atoms with van der Waals surface area (Å²) in [6, 6.07) is 22.3. The van der Waals surface area contributed by atoms with Gasteiger partial charge >= 0.3 is 11.1 Å². The molecule has 1 aliphatic rings. The fourth-order valence-corrected chi connectivity index (χ4v) is 4.87. The van der Waals surface area contributed by atoms with Gasteiger partial charge in [0.15, 0.2) is 0 Å². The quantitative estimate of drug-likeness (QED) is 0.444. The number of hydrogen-bond acceptors (Lipinski definition) is 3. The van der Waals surface area contributed by atoms with E-state index in [1.807, 2.05) is 36.4 Å². The Morgan fingerprint density at radius 1 is 0.882 bits per heavy atom. The monoisotopic (exact) mass is 473 g/mol. The predicted octanol–water partition coefficient (Wildman–Crippen LogP) is 4.06. The van der Waals surface area contributed by atoms with E-state index >= 15 is 0 Å². The predicted molar refractivity (Wildman–Crippen MR) is 133 cm³/mol. The first kappa shape index (κ1) is 22.2. The van der Waals surface area contributed by atoms with Crippen LogP contribution in [0.3, 0.4) is 0 Å². The molecule has 0 radical (unpaired) electrons. The Hall–Kier alpha value is -3.64. The van der Waals surface area contributed by atoms with Crippen molar-refractivity contribution >= 4 is 28.5 Å². The van der Waals surface area contributed by atoms with Crippen LogP contribution in [0.2, 0.25) is 5.02 Å². The average molecular weight is 474 g/mol. The van der Waals surface area contributed by atoms with Gasteiger partial charge in [0.1, 0.15) is 6.54 Å². The van der Waals surface area contributed by atoms with Crippen molar-refractivity contribution in [3.63, 3.8) is 0 Å². The number of nitrogens with zero attached hydrogens (tertiary/aromatic N) is 2. The zero-order valence-electron chi connectivity index (χ0n) is 18.5. The minimum absolute atomic E-state index is 0.0929. The summed E-state index contributed by atoms with van der Waals surface area (Å²) in [6.07, 6.45) is 2.84. The summed E-state index contributed by atoms with van der Waals surface area (Å²) in [5, 5.41) is 3.67. The molecule has 3 aromatic carbocycles. The van der Waals surface area contributed by atoms with Gasteiger partial charge in [-0.05, 0) is 60.2 Å². The summed E-state index contributed by atoms with van der Waals surface area (Å²) in [5.74, 6) is -0.288. The Kier molecular flexibility index (Phi) is 6.07. The topological polar surface area (TPSA) is 73.1 Å². The van der Waals surface area contributed by atoms with E-state index in [9.17, 15) is 14.4 Å². The van der Waals surface area contributed by atoms with Gasteiger partial charge in [-0.2, -0.15) is 0 Å². The van der Waals surface area contributed by atoms with Crippen molar-refractivity contribution in [2.24, 2.45) is 0 Å². The van der Waals surface area contributed by atoms with Crippen molar-refractivity contribution in [2.45, 2.75) is 38.4 Å². The third kappa shape index (κ3) is 4.29. The zero-order valence-corrected chi connectivity index (χ0v) is 19.3. The molecule has 5 rings (SSSR count). The smallest absolute Gasteiger partial charge is 0.317 e. The first-order valence-corrected chi connectivity index (χ1v) is 11.7. The van der Waals surface area contributed by atoms with Crippen LogP contribution in [0.25, 0.3) is 11.0 Å². The maximum Gasteiger partial charge on any atom is 0.317 e. The van der Waals surface area contributed by atoms with Crippen molar-refractivity contribution in [2.75, 3.05) is 0 Å². The number of rotatable bonds is 5. The van der Waals surface area contributed by atoms with Crippen LogP contribution in [-0.2, 0) is 24.3 Å². The Morgan fingerprint density at radius 2 is 1.53 bits per heavy atom. The largest absolute Gasteiger partial charge is 0.348 e. The lowest BCUT2D eigenvalue weighted by Gasteiger charge is -2.26. The van der Waals surface area contributed by atoms with Gasteiger partial charge < -0.3 is 5.32 Å². The molecule has 0 spiro atoms. The van der Waals surface area contributed by atoms with Gasteiger partial charge in [-0.25, -0.2) is 0 Å². The number of para-hydroxylation sites is 2. The highest BCUT2D eigenvalue weighted by molar-refractivity contribution is 6.30. The summed E-state index contributed by atoms with van der Waals surface area (Å²) in [4.78, 5) is 39.2. The normalized spacial score (nSPS) is 15.1. The van der Waals surface area contributed by atoms with E-state index in [-0.39, 0.29) is 25.0 Å². The van der Waals surface area contributed by atoms with Gasteiger partial charge in [-0.15, -0.1) is 0 Å².